The molecular weight excluding hydrogens is 437 g/mol. The van der Waals surface area contributed by atoms with Crippen molar-refractivity contribution < 1.29 is 23.4 Å². The van der Waals surface area contributed by atoms with Crippen LogP contribution >= 0.6 is 0 Å². The van der Waals surface area contributed by atoms with E-state index in [0.717, 1.165) is 5.56 Å². The summed E-state index contributed by atoms with van der Waals surface area (Å²) in [6, 6.07) is 10.1. The number of benzene rings is 2. The number of allylic oxidation sites excluding steroid dienone is 1. The van der Waals surface area contributed by atoms with Gasteiger partial charge in [-0.3, -0.25) is 4.79 Å². The molecule has 0 atom stereocenters. The number of methoxy groups -OCH3 is 1. The quantitative estimate of drug-likeness (QED) is 0.248. The van der Waals surface area contributed by atoms with Gasteiger partial charge in [-0.2, -0.15) is 4.73 Å². The van der Waals surface area contributed by atoms with Crippen LogP contribution < -0.4 is 24.4 Å². The van der Waals surface area contributed by atoms with Gasteiger partial charge in [0.15, 0.2) is 17.8 Å². The fraction of sp³-hybridized carbons (Fsp3) is 0.308. The number of nitrogens with zero attached hydrogens (tertiary/aromatic N) is 2. The number of piperazine rings is 1. The summed E-state index contributed by atoms with van der Waals surface area (Å²) in [4.78, 5) is 14.7. The Hall–Kier alpha value is -3.65. The Morgan fingerprint density at radius 3 is 2.56 bits per heavy atom. The molecule has 0 aliphatic carbocycles. The maximum Gasteiger partial charge on any atom is 0.268 e. The second kappa shape index (κ2) is 10.1. The highest BCUT2D eigenvalue weighted by Gasteiger charge is 2.28. The summed E-state index contributed by atoms with van der Waals surface area (Å²) in [6.45, 7) is 6.28. The van der Waals surface area contributed by atoms with Crippen LogP contribution in [0.15, 0.2) is 48.7 Å². The molecule has 0 radical (unpaired) electrons. The number of pyridine rings is 1. The van der Waals surface area contributed by atoms with Gasteiger partial charge in [-0.1, -0.05) is 18.2 Å². The van der Waals surface area contributed by atoms with E-state index in [1.165, 1.54) is 24.4 Å². The molecule has 1 N–H and O–H groups in total. The molecule has 178 valence electrons. The molecule has 0 bridgehead atoms. The molecule has 1 aliphatic rings. The van der Waals surface area contributed by atoms with Gasteiger partial charge in [0.25, 0.3) is 5.52 Å². The first-order chi connectivity index (χ1) is 16.4. The topological polar surface area (TPSA) is 77.7 Å². The van der Waals surface area contributed by atoms with Crippen LogP contribution in [0.2, 0.25) is 0 Å². The van der Waals surface area contributed by atoms with E-state index in [1.807, 2.05) is 30.9 Å². The van der Waals surface area contributed by atoms with Crippen molar-refractivity contribution in [3.05, 3.63) is 70.8 Å². The van der Waals surface area contributed by atoms with Gasteiger partial charge in [0, 0.05) is 26.2 Å². The maximum atomic E-state index is 15.3. The third kappa shape index (κ3) is 4.97. The van der Waals surface area contributed by atoms with Gasteiger partial charge < -0.3 is 24.9 Å². The zero-order chi connectivity index (χ0) is 24.2. The normalized spacial score (nSPS) is 14.2. The van der Waals surface area contributed by atoms with E-state index >= 15 is 4.39 Å². The molecule has 0 amide bonds. The average molecular weight is 466 g/mol. The second-order valence-corrected chi connectivity index (χ2v) is 8.40. The number of fused-ring (bicyclic) bond motifs is 1. The minimum atomic E-state index is -0.483. The molecule has 1 fully saturated rings. The molecule has 4 rings (SSSR count). The average Bonchev–Trinajstić information content (AvgIpc) is 2.82. The molecule has 3 aromatic rings. The Balaban J connectivity index is 1.73. The maximum absolute atomic E-state index is 15.3. The molecule has 1 saturated heterocycles. The lowest BCUT2D eigenvalue weighted by Gasteiger charge is -2.31. The van der Waals surface area contributed by atoms with Crippen LogP contribution in [0.5, 0.6) is 11.5 Å². The van der Waals surface area contributed by atoms with Crippen LogP contribution in [-0.2, 0) is 0 Å². The summed E-state index contributed by atoms with van der Waals surface area (Å²) in [5.41, 5.74) is 1.46. The van der Waals surface area contributed by atoms with E-state index in [1.54, 1.807) is 25.3 Å². The van der Waals surface area contributed by atoms with Crippen LogP contribution in [0.3, 0.4) is 0 Å². The van der Waals surface area contributed by atoms with E-state index in [0.29, 0.717) is 42.0 Å². The molecular formula is C26H28FN3O4. The van der Waals surface area contributed by atoms with E-state index < -0.39 is 5.82 Å². The van der Waals surface area contributed by atoms with Crippen LogP contribution in [-0.4, -0.2) is 45.2 Å². The minimum Gasteiger partial charge on any atom is -0.618 e. The molecule has 2 aromatic carbocycles. The summed E-state index contributed by atoms with van der Waals surface area (Å²) >= 11 is 0. The van der Waals surface area contributed by atoms with Crippen molar-refractivity contribution in [3.63, 3.8) is 0 Å². The summed E-state index contributed by atoms with van der Waals surface area (Å²) in [5, 5.41) is 16.6. The first-order valence-corrected chi connectivity index (χ1v) is 11.3. The van der Waals surface area contributed by atoms with Crippen LogP contribution in [0, 0.1) is 11.0 Å². The highest BCUT2D eigenvalue weighted by atomic mass is 19.1. The molecule has 0 saturated carbocycles. The Morgan fingerprint density at radius 2 is 1.91 bits per heavy atom. The number of aromatic nitrogens is 1. The van der Waals surface area contributed by atoms with E-state index in [9.17, 15) is 10.0 Å². The zero-order valence-corrected chi connectivity index (χ0v) is 19.5. The van der Waals surface area contributed by atoms with Crippen molar-refractivity contribution in [2.45, 2.75) is 20.0 Å². The van der Waals surface area contributed by atoms with Crippen molar-refractivity contribution in [1.82, 2.24) is 5.32 Å². The number of hydrogen-bond donors (Lipinski definition) is 1. The molecule has 0 unspecified atom stereocenters. The number of hydrogen-bond acceptors (Lipinski definition) is 6. The van der Waals surface area contributed by atoms with E-state index in [4.69, 9.17) is 9.47 Å². The Morgan fingerprint density at radius 1 is 1.21 bits per heavy atom. The fourth-order valence-electron chi connectivity index (χ4n) is 4.01. The number of carbonyl (C=O) groups is 1. The van der Waals surface area contributed by atoms with Crippen LogP contribution in [0.4, 0.5) is 10.1 Å². The third-order valence-corrected chi connectivity index (χ3v) is 5.61. The monoisotopic (exact) mass is 465 g/mol. The van der Waals surface area contributed by atoms with Gasteiger partial charge in [-0.05, 0) is 49.8 Å². The Labute approximate surface area is 198 Å². The van der Waals surface area contributed by atoms with E-state index in [-0.39, 0.29) is 34.4 Å². The zero-order valence-electron chi connectivity index (χ0n) is 19.5. The number of nitrogens with one attached hydrogen (secondary N) is 1. The number of ketones is 1. The Kier molecular flexibility index (Phi) is 6.98. The molecule has 2 heterocycles. The lowest BCUT2D eigenvalue weighted by molar-refractivity contribution is -0.577. The number of rotatable bonds is 7. The summed E-state index contributed by atoms with van der Waals surface area (Å²) in [5.74, 6) is 0.0744. The highest BCUT2D eigenvalue weighted by molar-refractivity contribution is 6.08. The molecule has 34 heavy (non-hydrogen) atoms. The van der Waals surface area contributed by atoms with E-state index in [2.05, 4.69) is 5.32 Å². The summed E-state index contributed by atoms with van der Waals surface area (Å²) in [6.07, 6.45) is 4.00. The van der Waals surface area contributed by atoms with Crippen molar-refractivity contribution in [3.8, 4) is 11.5 Å². The van der Waals surface area contributed by atoms with Crippen LogP contribution in [0.1, 0.15) is 29.8 Å². The lowest BCUT2D eigenvalue weighted by Crippen LogP contribution is -2.44. The first-order valence-electron chi connectivity index (χ1n) is 11.3. The molecule has 7 nitrogen and oxygen atoms in total. The van der Waals surface area contributed by atoms with Crippen molar-refractivity contribution in [1.29, 1.82) is 0 Å². The van der Waals surface area contributed by atoms with Crippen LogP contribution in [0.25, 0.3) is 17.0 Å². The standard InChI is InChI=1S/C26H28FN3O4/c1-17(2)34-26-24-19(15-22(27)25(26)29-12-10-28-11-13-29)14-20(16-30(24)32)23(31)9-6-18-4-7-21(33-3)8-5-18/h4-9,14-17,28H,10-13H2,1-3H3. The smallest absolute Gasteiger partial charge is 0.268 e. The van der Waals surface area contributed by atoms with Gasteiger partial charge in [-0.15, -0.1) is 0 Å². The fourth-order valence-corrected chi connectivity index (χ4v) is 4.01. The van der Waals surface area contributed by atoms with Crippen molar-refractivity contribution in [2.24, 2.45) is 0 Å². The van der Waals surface area contributed by atoms with Gasteiger partial charge in [0.05, 0.1) is 24.2 Å². The van der Waals surface area contributed by atoms with Gasteiger partial charge in [-0.25, -0.2) is 4.39 Å². The predicted molar refractivity (Wildman–Crippen MR) is 130 cm³/mol. The predicted octanol–water partition coefficient (Wildman–Crippen LogP) is 3.71. The van der Waals surface area contributed by atoms with Crippen molar-refractivity contribution >= 4 is 28.4 Å². The molecule has 8 heteroatoms. The second-order valence-electron chi connectivity index (χ2n) is 8.40. The van der Waals surface area contributed by atoms with Gasteiger partial charge >= 0.3 is 0 Å². The minimum absolute atomic E-state index is 0.164. The number of ether oxygens (including phenoxy) is 2. The third-order valence-electron chi connectivity index (χ3n) is 5.61. The molecule has 1 aromatic heterocycles. The largest absolute Gasteiger partial charge is 0.618 e. The highest BCUT2D eigenvalue weighted by Crippen LogP contribution is 2.38. The van der Waals surface area contributed by atoms with Gasteiger partial charge in [0.1, 0.15) is 11.4 Å². The van der Waals surface area contributed by atoms with Crippen molar-refractivity contribution in [2.75, 3.05) is 38.2 Å². The lowest BCUT2D eigenvalue weighted by atomic mass is 10.1. The summed E-state index contributed by atoms with van der Waals surface area (Å²) < 4.78 is 27.1. The molecule has 0 spiro atoms. The summed E-state index contributed by atoms with van der Waals surface area (Å²) in [7, 11) is 1.58. The Bertz CT molecular complexity index is 1220. The SMILES string of the molecule is COc1ccc(C=CC(=O)c2cc3cc(F)c(N4CCNCC4)c(OC(C)C)c3[n+]([O-])c2)cc1. The number of anilines is 1. The number of carbonyl (C=O) groups excluding carboxylic acids is 1. The molecule has 1 aliphatic heterocycles. The first kappa shape index (κ1) is 23.5. The van der Waals surface area contributed by atoms with Gasteiger partial charge in [0.2, 0.25) is 5.75 Å². The number of halogens is 1.